The Kier molecular flexibility index (Phi) is 5.18. The second kappa shape index (κ2) is 7.37. The lowest BCUT2D eigenvalue weighted by atomic mass is 10.1. The van der Waals surface area contributed by atoms with Crippen LogP contribution in [0.3, 0.4) is 0 Å². The van der Waals surface area contributed by atoms with Crippen molar-refractivity contribution in [1.82, 2.24) is 10.2 Å². The van der Waals surface area contributed by atoms with Crippen LogP contribution in [0.5, 0.6) is 0 Å². The molecule has 134 valence electrons. The molecule has 7 heteroatoms. The van der Waals surface area contributed by atoms with Crippen LogP contribution in [0.2, 0.25) is 0 Å². The summed E-state index contributed by atoms with van der Waals surface area (Å²) in [6.45, 7) is 1.79. The third-order valence-corrected chi connectivity index (χ3v) is 4.74. The first kappa shape index (κ1) is 18.3. The van der Waals surface area contributed by atoms with Crippen LogP contribution in [0.15, 0.2) is 46.9 Å². The maximum Gasteiger partial charge on any atom is 0.261 e. The van der Waals surface area contributed by atoms with Crippen LogP contribution in [-0.4, -0.2) is 29.2 Å². The summed E-state index contributed by atoms with van der Waals surface area (Å²) in [5.41, 5.74) is 1.45. The lowest BCUT2D eigenvalue weighted by Crippen LogP contribution is -2.35. The van der Waals surface area contributed by atoms with Crippen molar-refractivity contribution in [3.8, 4) is 0 Å². The number of fused-ring (bicyclic) bond motifs is 1. The minimum Gasteiger partial charge on any atom is -0.350 e. The Morgan fingerprint density at radius 1 is 1.12 bits per heavy atom. The molecule has 3 rings (SSSR count). The zero-order valence-corrected chi connectivity index (χ0v) is 15.5. The van der Waals surface area contributed by atoms with Gasteiger partial charge in [-0.25, -0.2) is 4.39 Å². The summed E-state index contributed by atoms with van der Waals surface area (Å²) in [6, 6.07) is 10.4. The minimum absolute atomic E-state index is 0.00181. The number of carbonyl (C=O) groups excluding carboxylic acids is 3. The predicted octanol–water partition coefficient (Wildman–Crippen LogP) is 3.45. The number of halogens is 2. The molecule has 1 unspecified atom stereocenters. The van der Waals surface area contributed by atoms with Gasteiger partial charge >= 0.3 is 0 Å². The monoisotopic (exact) mass is 418 g/mol. The average Bonchev–Trinajstić information content (AvgIpc) is 2.84. The zero-order chi connectivity index (χ0) is 18.8. The van der Waals surface area contributed by atoms with Gasteiger partial charge in [0.05, 0.1) is 17.2 Å². The highest BCUT2D eigenvalue weighted by Crippen LogP contribution is 2.26. The second-order valence-electron chi connectivity index (χ2n) is 6.04. The van der Waals surface area contributed by atoms with Crippen molar-refractivity contribution in [3.05, 3.63) is 69.4 Å². The van der Waals surface area contributed by atoms with Crippen LogP contribution in [0.1, 0.15) is 45.7 Å². The summed E-state index contributed by atoms with van der Waals surface area (Å²) in [7, 11) is 0. The molecule has 1 aliphatic heterocycles. The zero-order valence-electron chi connectivity index (χ0n) is 14.0. The van der Waals surface area contributed by atoms with E-state index in [0.29, 0.717) is 15.6 Å². The molecule has 1 N–H and O–H groups in total. The quantitative estimate of drug-likeness (QED) is 0.756. The average molecular weight is 419 g/mol. The van der Waals surface area contributed by atoms with E-state index in [1.165, 1.54) is 12.1 Å². The van der Waals surface area contributed by atoms with Crippen molar-refractivity contribution in [1.29, 1.82) is 0 Å². The van der Waals surface area contributed by atoms with E-state index < -0.39 is 11.8 Å². The minimum atomic E-state index is -0.398. The molecule has 0 aromatic heterocycles. The molecule has 2 aromatic carbocycles. The molecule has 2 aromatic rings. The molecule has 1 heterocycles. The third kappa shape index (κ3) is 3.67. The number of benzene rings is 2. The van der Waals surface area contributed by atoms with E-state index in [-0.39, 0.29) is 30.7 Å². The van der Waals surface area contributed by atoms with E-state index in [9.17, 15) is 18.8 Å². The van der Waals surface area contributed by atoms with Gasteiger partial charge in [0.2, 0.25) is 5.91 Å². The molecule has 0 saturated carbocycles. The van der Waals surface area contributed by atoms with Gasteiger partial charge in [0.25, 0.3) is 11.8 Å². The standard InChI is InChI=1S/C19H16BrFN2O3/c1-11(12-2-5-14(21)6-3-12)22-17(24)8-9-23-18(25)15-7-4-13(20)10-16(15)19(23)26/h2-7,10-11H,8-9H2,1H3,(H,22,24). The normalized spacial score (nSPS) is 14.3. The maximum atomic E-state index is 13.0. The number of hydrogen-bond acceptors (Lipinski definition) is 3. The molecule has 0 saturated heterocycles. The number of carbonyl (C=O) groups is 3. The SMILES string of the molecule is CC(NC(=O)CCN1C(=O)c2ccc(Br)cc2C1=O)c1ccc(F)cc1. The van der Waals surface area contributed by atoms with Crippen LogP contribution in [0.4, 0.5) is 4.39 Å². The van der Waals surface area contributed by atoms with E-state index in [0.717, 1.165) is 10.5 Å². The van der Waals surface area contributed by atoms with Gasteiger partial charge in [-0.3, -0.25) is 19.3 Å². The van der Waals surface area contributed by atoms with Gasteiger partial charge in [0.1, 0.15) is 5.82 Å². The molecule has 26 heavy (non-hydrogen) atoms. The van der Waals surface area contributed by atoms with Crippen molar-refractivity contribution in [3.63, 3.8) is 0 Å². The highest BCUT2D eigenvalue weighted by Gasteiger charge is 2.35. The molecule has 3 amide bonds. The lowest BCUT2D eigenvalue weighted by molar-refractivity contribution is -0.121. The Hall–Kier alpha value is -2.54. The molecule has 0 fully saturated rings. The van der Waals surface area contributed by atoms with Gasteiger partial charge in [0.15, 0.2) is 0 Å². The number of imide groups is 1. The van der Waals surface area contributed by atoms with Crippen molar-refractivity contribution >= 4 is 33.7 Å². The molecular weight excluding hydrogens is 403 g/mol. The van der Waals surface area contributed by atoms with Gasteiger partial charge in [-0.15, -0.1) is 0 Å². The van der Waals surface area contributed by atoms with Gasteiger partial charge in [0, 0.05) is 17.4 Å². The van der Waals surface area contributed by atoms with Crippen LogP contribution in [-0.2, 0) is 4.79 Å². The van der Waals surface area contributed by atoms with E-state index >= 15 is 0 Å². The number of rotatable bonds is 5. The Balaban J connectivity index is 1.59. The third-order valence-electron chi connectivity index (χ3n) is 4.24. The first-order valence-electron chi connectivity index (χ1n) is 8.07. The fourth-order valence-electron chi connectivity index (χ4n) is 2.83. The van der Waals surface area contributed by atoms with Crippen molar-refractivity contribution in [2.45, 2.75) is 19.4 Å². The highest BCUT2D eigenvalue weighted by atomic mass is 79.9. The summed E-state index contributed by atoms with van der Waals surface area (Å²) in [5, 5.41) is 2.78. The van der Waals surface area contributed by atoms with Gasteiger partial charge in [-0.1, -0.05) is 28.1 Å². The molecule has 1 aliphatic rings. The first-order valence-corrected chi connectivity index (χ1v) is 8.86. The fraction of sp³-hybridized carbons (Fsp3) is 0.211. The van der Waals surface area contributed by atoms with E-state index in [1.807, 2.05) is 0 Å². The van der Waals surface area contributed by atoms with Gasteiger partial charge in [-0.2, -0.15) is 0 Å². The second-order valence-corrected chi connectivity index (χ2v) is 6.96. The Labute approximate surface area is 158 Å². The van der Waals surface area contributed by atoms with Crippen LogP contribution in [0, 0.1) is 5.82 Å². The largest absolute Gasteiger partial charge is 0.350 e. The number of hydrogen-bond donors (Lipinski definition) is 1. The first-order chi connectivity index (χ1) is 12.4. The topological polar surface area (TPSA) is 66.5 Å². The highest BCUT2D eigenvalue weighted by molar-refractivity contribution is 9.10. The molecule has 0 radical (unpaired) electrons. The predicted molar refractivity (Wildman–Crippen MR) is 97.1 cm³/mol. The van der Waals surface area contributed by atoms with Crippen molar-refractivity contribution in [2.75, 3.05) is 6.54 Å². The van der Waals surface area contributed by atoms with Crippen LogP contribution >= 0.6 is 15.9 Å². The number of nitrogens with zero attached hydrogens (tertiary/aromatic N) is 1. The van der Waals surface area contributed by atoms with Crippen molar-refractivity contribution < 1.29 is 18.8 Å². The molecule has 5 nitrogen and oxygen atoms in total. The fourth-order valence-corrected chi connectivity index (χ4v) is 3.19. The summed E-state index contributed by atoms with van der Waals surface area (Å²) in [5.74, 6) is -1.42. The molecule has 0 aliphatic carbocycles. The Morgan fingerprint density at radius 3 is 2.46 bits per heavy atom. The number of nitrogens with one attached hydrogen (secondary N) is 1. The summed E-state index contributed by atoms with van der Waals surface area (Å²) in [6.07, 6.45) is -0.00181. The molecule has 1 atom stereocenters. The summed E-state index contributed by atoms with van der Waals surface area (Å²) in [4.78, 5) is 37.9. The van der Waals surface area contributed by atoms with Crippen LogP contribution in [0.25, 0.3) is 0 Å². The van der Waals surface area contributed by atoms with Crippen LogP contribution < -0.4 is 5.32 Å². The molecule has 0 spiro atoms. The molecule has 0 bridgehead atoms. The van der Waals surface area contributed by atoms with Gasteiger partial charge < -0.3 is 5.32 Å². The summed E-state index contributed by atoms with van der Waals surface area (Å²) >= 11 is 3.28. The van der Waals surface area contributed by atoms with E-state index in [1.54, 1.807) is 37.3 Å². The Morgan fingerprint density at radius 2 is 1.77 bits per heavy atom. The van der Waals surface area contributed by atoms with Gasteiger partial charge in [-0.05, 0) is 42.8 Å². The molecular formula is C19H16BrFN2O3. The smallest absolute Gasteiger partial charge is 0.261 e. The number of amides is 3. The summed E-state index contributed by atoms with van der Waals surface area (Å²) < 4.78 is 13.7. The van der Waals surface area contributed by atoms with Crippen molar-refractivity contribution in [2.24, 2.45) is 0 Å². The Bertz CT molecular complexity index is 883. The lowest BCUT2D eigenvalue weighted by Gasteiger charge is -2.17. The van der Waals surface area contributed by atoms with E-state index in [2.05, 4.69) is 21.2 Å². The maximum absolute atomic E-state index is 13.0. The van der Waals surface area contributed by atoms with E-state index in [4.69, 9.17) is 0 Å².